The van der Waals surface area contributed by atoms with Gasteiger partial charge >= 0.3 is 12.0 Å². The van der Waals surface area contributed by atoms with Gasteiger partial charge in [0.15, 0.2) is 0 Å². The second-order valence-corrected chi connectivity index (χ2v) is 6.66. The van der Waals surface area contributed by atoms with Gasteiger partial charge in [0, 0.05) is 29.3 Å². The van der Waals surface area contributed by atoms with Gasteiger partial charge in [-0.15, -0.1) is 11.3 Å². The van der Waals surface area contributed by atoms with Crippen molar-refractivity contribution in [1.82, 2.24) is 10.2 Å². The number of carboxylic acid groups (broad SMARTS) is 1. The molecule has 0 bridgehead atoms. The zero-order chi connectivity index (χ0) is 15.2. The molecule has 1 aromatic heterocycles. The molecule has 1 aromatic rings. The van der Waals surface area contributed by atoms with Crippen molar-refractivity contribution in [1.29, 1.82) is 0 Å². The molecule has 1 fully saturated rings. The Bertz CT molecular complexity index is 493. The number of carbonyl (C=O) groups excluding carboxylic acids is 1. The van der Waals surface area contributed by atoms with Crippen LogP contribution in [0.25, 0.3) is 0 Å². The van der Waals surface area contributed by atoms with E-state index < -0.39 is 5.97 Å². The minimum Gasteiger partial charge on any atom is -0.481 e. The van der Waals surface area contributed by atoms with E-state index in [9.17, 15) is 9.59 Å². The number of thiophene rings is 1. The second-order valence-electron chi connectivity index (χ2n) is 5.41. The average Bonchev–Trinajstić information content (AvgIpc) is 2.93. The molecular formula is C15H22N2O3S. The standard InChI is InChI=1S/C15H22N2O3S/c1-2-12-3-4-13(21-12)10-16-15(20)17-7-5-11(6-8-17)9-14(18)19/h3-4,11H,2,5-10H2,1H3,(H,16,20)(H,18,19). The molecule has 0 aliphatic carbocycles. The number of nitrogens with one attached hydrogen (secondary N) is 1. The van der Waals surface area contributed by atoms with Crippen LogP contribution in [0.1, 0.15) is 35.9 Å². The van der Waals surface area contributed by atoms with Crippen LogP contribution in [0.15, 0.2) is 12.1 Å². The van der Waals surface area contributed by atoms with Crippen molar-refractivity contribution in [2.75, 3.05) is 13.1 Å². The van der Waals surface area contributed by atoms with Crippen LogP contribution in [0, 0.1) is 5.92 Å². The highest BCUT2D eigenvalue weighted by atomic mass is 32.1. The first-order valence-electron chi connectivity index (χ1n) is 7.40. The molecule has 1 saturated heterocycles. The van der Waals surface area contributed by atoms with Crippen molar-refractivity contribution in [3.63, 3.8) is 0 Å². The van der Waals surface area contributed by atoms with Crippen LogP contribution in [-0.4, -0.2) is 35.1 Å². The fourth-order valence-corrected chi connectivity index (χ4v) is 3.47. The van der Waals surface area contributed by atoms with Crippen molar-refractivity contribution in [3.05, 3.63) is 21.9 Å². The molecule has 6 heteroatoms. The Labute approximate surface area is 129 Å². The molecule has 2 heterocycles. The zero-order valence-corrected chi connectivity index (χ0v) is 13.1. The predicted octanol–water partition coefficient (Wildman–Crippen LogP) is 2.71. The van der Waals surface area contributed by atoms with E-state index in [0.29, 0.717) is 19.6 Å². The van der Waals surface area contributed by atoms with Crippen molar-refractivity contribution in [2.45, 2.75) is 39.2 Å². The maximum Gasteiger partial charge on any atom is 0.317 e. The lowest BCUT2D eigenvalue weighted by atomic mass is 9.94. The van der Waals surface area contributed by atoms with Gasteiger partial charge < -0.3 is 15.3 Å². The highest BCUT2D eigenvalue weighted by Gasteiger charge is 2.24. The molecular weight excluding hydrogens is 288 g/mol. The normalized spacial score (nSPS) is 16.0. The first-order chi connectivity index (χ1) is 10.1. The van der Waals surface area contributed by atoms with Crippen molar-refractivity contribution in [2.24, 2.45) is 5.92 Å². The molecule has 2 N–H and O–H groups in total. The molecule has 116 valence electrons. The summed E-state index contributed by atoms with van der Waals surface area (Å²) in [6, 6.07) is 4.11. The minimum atomic E-state index is -0.748. The Morgan fingerprint density at radius 2 is 2.00 bits per heavy atom. The highest BCUT2D eigenvalue weighted by Crippen LogP contribution is 2.21. The fraction of sp³-hybridized carbons (Fsp3) is 0.600. The van der Waals surface area contributed by atoms with Gasteiger partial charge in [-0.3, -0.25) is 4.79 Å². The van der Waals surface area contributed by atoms with E-state index in [4.69, 9.17) is 5.11 Å². The summed E-state index contributed by atoms with van der Waals surface area (Å²) in [5.74, 6) is -0.543. The lowest BCUT2D eigenvalue weighted by molar-refractivity contribution is -0.138. The zero-order valence-electron chi connectivity index (χ0n) is 12.3. The number of carbonyl (C=O) groups is 2. The number of amides is 2. The van der Waals surface area contributed by atoms with E-state index in [2.05, 4.69) is 24.4 Å². The Balaban J connectivity index is 1.73. The number of aliphatic carboxylic acids is 1. The van der Waals surface area contributed by atoms with Crippen LogP contribution >= 0.6 is 11.3 Å². The van der Waals surface area contributed by atoms with Crippen LogP contribution in [0.2, 0.25) is 0 Å². The van der Waals surface area contributed by atoms with Gasteiger partial charge in [0.2, 0.25) is 0 Å². The molecule has 0 unspecified atom stereocenters. The summed E-state index contributed by atoms with van der Waals surface area (Å²) < 4.78 is 0. The smallest absolute Gasteiger partial charge is 0.317 e. The number of carboxylic acids is 1. The molecule has 0 radical (unpaired) electrons. The molecule has 0 atom stereocenters. The first kappa shape index (κ1) is 15.8. The van der Waals surface area contributed by atoms with Gasteiger partial charge in [-0.25, -0.2) is 4.79 Å². The number of nitrogens with zero attached hydrogens (tertiary/aromatic N) is 1. The fourth-order valence-electron chi connectivity index (χ4n) is 2.57. The highest BCUT2D eigenvalue weighted by molar-refractivity contribution is 7.11. The summed E-state index contributed by atoms with van der Waals surface area (Å²) in [5.41, 5.74) is 0. The maximum atomic E-state index is 12.1. The third-order valence-corrected chi connectivity index (χ3v) is 5.07. The van der Waals surface area contributed by atoms with E-state index in [1.165, 1.54) is 9.75 Å². The van der Waals surface area contributed by atoms with E-state index in [-0.39, 0.29) is 18.4 Å². The molecule has 2 amide bonds. The lowest BCUT2D eigenvalue weighted by Crippen LogP contribution is -2.44. The summed E-state index contributed by atoms with van der Waals surface area (Å²) in [7, 11) is 0. The number of likely N-dealkylation sites (tertiary alicyclic amines) is 1. The lowest BCUT2D eigenvalue weighted by Gasteiger charge is -2.31. The summed E-state index contributed by atoms with van der Waals surface area (Å²) >= 11 is 1.73. The summed E-state index contributed by atoms with van der Waals surface area (Å²) in [4.78, 5) is 27.0. The summed E-state index contributed by atoms with van der Waals surface area (Å²) in [6.07, 6.45) is 2.79. The Morgan fingerprint density at radius 1 is 1.33 bits per heavy atom. The third-order valence-electron chi connectivity index (χ3n) is 3.84. The quantitative estimate of drug-likeness (QED) is 0.878. The SMILES string of the molecule is CCc1ccc(CNC(=O)N2CCC(CC(=O)O)CC2)s1. The monoisotopic (exact) mass is 310 g/mol. The molecule has 5 nitrogen and oxygen atoms in total. The van der Waals surface area contributed by atoms with Crippen LogP contribution in [-0.2, 0) is 17.8 Å². The molecule has 0 aromatic carbocycles. The van der Waals surface area contributed by atoms with Gasteiger partial charge in [0.25, 0.3) is 0 Å². The van der Waals surface area contributed by atoms with Crippen LogP contribution in [0.5, 0.6) is 0 Å². The molecule has 0 saturated carbocycles. The van der Waals surface area contributed by atoms with Crippen LogP contribution in [0.3, 0.4) is 0 Å². The largest absolute Gasteiger partial charge is 0.481 e. The molecule has 2 rings (SSSR count). The number of aryl methyl sites for hydroxylation is 1. The first-order valence-corrected chi connectivity index (χ1v) is 8.22. The molecule has 0 spiro atoms. The number of hydrogen-bond donors (Lipinski definition) is 2. The number of rotatable bonds is 5. The van der Waals surface area contributed by atoms with Gasteiger partial charge in [-0.2, -0.15) is 0 Å². The average molecular weight is 310 g/mol. The Morgan fingerprint density at radius 3 is 2.57 bits per heavy atom. The molecule has 21 heavy (non-hydrogen) atoms. The summed E-state index contributed by atoms with van der Waals surface area (Å²) in [5, 5.41) is 11.7. The number of piperidine rings is 1. The van der Waals surface area contributed by atoms with Crippen molar-refractivity contribution < 1.29 is 14.7 Å². The van der Waals surface area contributed by atoms with Gasteiger partial charge in [-0.05, 0) is 37.3 Å². The van der Waals surface area contributed by atoms with Crippen molar-refractivity contribution in [3.8, 4) is 0 Å². The van der Waals surface area contributed by atoms with Crippen molar-refractivity contribution >= 4 is 23.3 Å². The van der Waals surface area contributed by atoms with Gasteiger partial charge in [-0.1, -0.05) is 6.92 Å². The Kier molecular flexibility index (Phi) is 5.61. The predicted molar refractivity (Wildman–Crippen MR) is 82.5 cm³/mol. The maximum absolute atomic E-state index is 12.1. The number of hydrogen-bond acceptors (Lipinski definition) is 3. The van der Waals surface area contributed by atoms with E-state index in [0.717, 1.165) is 19.3 Å². The number of urea groups is 1. The third kappa shape index (κ3) is 4.74. The van der Waals surface area contributed by atoms with Crippen LogP contribution in [0.4, 0.5) is 4.79 Å². The second kappa shape index (κ2) is 7.45. The van der Waals surface area contributed by atoms with E-state index in [1.54, 1.807) is 16.2 Å². The molecule has 1 aliphatic heterocycles. The summed E-state index contributed by atoms with van der Waals surface area (Å²) in [6.45, 7) is 3.98. The molecule has 1 aliphatic rings. The minimum absolute atomic E-state index is 0.0461. The van der Waals surface area contributed by atoms with Gasteiger partial charge in [0.1, 0.15) is 0 Å². The van der Waals surface area contributed by atoms with E-state index >= 15 is 0 Å². The van der Waals surface area contributed by atoms with Gasteiger partial charge in [0.05, 0.1) is 6.54 Å². The topological polar surface area (TPSA) is 69.6 Å². The van der Waals surface area contributed by atoms with Crippen LogP contribution < -0.4 is 5.32 Å². The Hall–Kier alpha value is -1.56. The van der Waals surface area contributed by atoms with E-state index in [1.807, 2.05) is 0 Å².